The number of benzene rings is 3. The predicted molar refractivity (Wildman–Crippen MR) is 151 cm³/mol. The molecule has 0 fully saturated rings. The Balaban J connectivity index is 0.000000467. The molecule has 4 aromatic rings. The van der Waals surface area contributed by atoms with E-state index in [1.54, 1.807) is 0 Å². The first-order chi connectivity index (χ1) is 16.8. The van der Waals surface area contributed by atoms with Gasteiger partial charge in [-0.15, -0.1) is 0 Å². The third kappa shape index (κ3) is 3.92. The average Bonchev–Trinajstić information content (AvgIpc) is 3.53. The van der Waals surface area contributed by atoms with Gasteiger partial charge in [0, 0.05) is 23.4 Å². The van der Waals surface area contributed by atoms with Gasteiger partial charge in [-0.25, -0.2) is 0 Å². The van der Waals surface area contributed by atoms with Gasteiger partial charge in [0.1, 0.15) is 5.54 Å². The fourth-order valence-corrected chi connectivity index (χ4v) is 5.32. The van der Waals surface area contributed by atoms with Gasteiger partial charge >= 0.3 is 0 Å². The number of rotatable bonds is 0. The minimum Gasteiger partial charge on any atom is -0.329 e. The summed E-state index contributed by atoms with van der Waals surface area (Å²) in [5.41, 5.74) is 9.46. The van der Waals surface area contributed by atoms with Gasteiger partial charge in [-0.2, -0.15) is 0 Å². The van der Waals surface area contributed by atoms with Crippen molar-refractivity contribution in [1.82, 2.24) is 4.57 Å². The molecular formula is C33H43N. The van der Waals surface area contributed by atoms with Gasteiger partial charge in [0.15, 0.2) is 0 Å². The average molecular weight is 454 g/mol. The van der Waals surface area contributed by atoms with E-state index >= 15 is 0 Å². The lowest BCUT2D eigenvalue weighted by molar-refractivity contribution is 0.515. The van der Waals surface area contributed by atoms with Crippen LogP contribution in [0.4, 0.5) is 0 Å². The fraction of sp³-hybridized carbons (Fsp3) is 0.333. The molecule has 0 bridgehead atoms. The quantitative estimate of drug-likeness (QED) is 0.220. The van der Waals surface area contributed by atoms with Crippen molar-refractivity contribution in [3.05, 3.63) is 119 Å². The molecule has 0 saturated heterocycles. The second-order valence-corrected chi connectivity index (χ2v) is 7.42. The molecule has 34 heavy (non-hydrogen) atoms. The highest BCUT2D eigenvalue weighted by molar-refractivity contribution is 5.79. The molecule has 3 aromatic carbocycles. The van der Waals surface area contributed by atoms with Crippen molar-refractivity contribution in [2.45, 2.75) is 73.8 Å². The molecule has 2 aliphatic rings. The van der Waals surface area contributed by atoms with Crippen molar-refractivity contribution in [3.8, 4) is 11.3 Å². The first-order valence-electron chi connectivity index (χ1n) is 13.3. The zero-order chi connectivity index (χ0) is 25.3. The van der Waals surface area contributed by atoms with Gasteiger partial charge < -0.3 is 4.57 Å². The van der Waals surface area contributed by atoms with Gasteiger partial charge in [0.25, 0.3) is 0 Å². The highest BCUT2D eigenvalue weighted by Gasteiger charge is 2.50. The highest BCUT2D eigenvalue weighted by atomic mass is 15.1. The Labute approximate surface area is 208 Å². The van der Waals surface area contributed by atoms with Crippen LogP contribution < -0.4 is 0 Å². The Morgan fingerprint density at radius 2 is 0.971 bits per heavy atom. The van der Waals surface area contributed by atoms with Crippen LogP contribution in [0.2, 0.25) is 0 Å². The molecule has 0 unspecified atom stereocenters. The van der Waals surface area contributed by atoms with Crippen LogP contribution in [0.3, 0.4) is 0 Å². The van der Waals surface area contributed by atoms with E-state index in [0.717, 1.165) is 0 Å². The Hall–Kier alpha value is -3.06. The van der Waals surface area contributed by atoms with Gasteiger partial charge in [0.2, 0.25) is 0 Å². The van der Waals surface area contributed by atoms with Crippen molar-refractivity contribution in [3.63, 3.8) is 0 Å². The van der Waals surface area contributed by atoms with Crippen molar-refractivity contribution in [1.29, 1.82) is 0 Å². The molecular weight excluding hydrogens is 410 g/mol. The van der Waals surface area contributed by atoms with Crippen LogP contribution in [-0.4, -0.2) is 4.57 Å². The Morgan fingerprint density at radius 1 is 0.529 bits per heavy atom. The van der Waals surface area contributed by atoms with Crippen LogP contribution >= 0.6 is 0 Å². The van der Waals surface area contributed by atoms with E-state index in [-0.39, 0.29) is 5.54 Å². The monoisotopic (exact) mass is 453 g/mol. The molecule has 0 radical (unpaired) electrons. The van der Waals surface area contributed by atoms with Crippen LogP contribution in [-0.2, 0) is 5.54 Å². The Kier molecular flexibility index (Phi) is 9.93. The van der Waals surface area contributed by atoms with E-state index in [9.17, 15) is 0 Å². The third-order valence-electron chi connectivity index (χ3n) is 6.34. The van der Waals surface area contributed by atoms with Gasteiger partial charge in [-0.3, -0.25) is 0 Å². The van der Waals surface area contributed by atoms with E-state index in [1.807, 2.05) is 55.4 Å². The predicted octanol–water partition coefficient (Wildman–Crippen LogP) is 9.88. The summed E-state index contributed by atoms with van der Waals surface area (Å²) in [5, 5.41) is 0. The van der Waals surface area contributed by atoms with Crippen LogP contribution in [0.25, 0.3) is 11.3 Å². The minimum absolute atomic E-state index is 0.269. The lowest BCUT2D eigenvalue weighted by atomic mass is 9.66. The van der Waals surface area contributed by atoms with Crippen LogP contribution in [0.5, 0.6) is 0 Å². The molecule has 6 rings (SSSR count). The molecule has 1 aliphatic heterocycles. The van der Waals surface area contributed by atoms with Crippen LogP contribution in [0.15, 0.2) is 91.1 Å². The molecule has 0 saturated carbocycles. The summed E-state index contributed by atoms with van der Waals surface area (Å²) in [6.45, 7) is 18.3. The van der Waals surface area contributed by atoms with Gasteiger partial charge in [0.05, 0.1) is 0 Å². The number of aromatic nitrogens is 1. The number of fused-ring (bicyclic) bond motifs is 9. The van der Waals surface area contributed by atoms with Crippen LogP contribution in [0, 0.1) is 0 Å². The maximum absolute atomic E-state index is 2.49. The van der Waals surface area contributed by atoms with E-state index in [4.69, 9.17) is 0 Å². The van der Waals surface area contributed by atoms with Gasteiger partial charge in [-0.05, 0) is 39.9 Å². The molecule has 2 heterocycles. The SMILES string of the molecule is CC.CC.CC.CC.CC1c2ccccc2C2(c3ccccc3-c3cccn32)c2ccccc21. The number of hydrogen-bond acceptors (Lipinski definition) is 0. The molecule has 1 heteroatoms. The normalized spacial score (nSPS) is 17.4. The zero-order valence-corrected chi connectivity index (χ0v) is 22.7. The first-order valence-corrected chi connectivity index (χ1v) is 13.3. The second-order valence-electron chi connectivity index (χ2n) is 7.42. The van der Waals surface area contributed by atoms with E-state index in [1.165, 1.54) is 39.1 Å². The molecule has 0 N–H and O–H groups in total. The van der Waals surface area contributed by atoms with Crippen molar-refractivity contribution >= 4 is 0 Å². The summed E-state index contributed by atoms with van der Waals surface area (Å²) in [5.74, 6) is 0.403. The summed E-state index contributed by atoms with van der Waals surface area (Å²) < 4.78 is 2.49. The molecule has 0 amide bonds. The summed E-state index contributed by atoms with van der Waals surface area (Å²) in [4.78, 5) is 0. The maximum atomic E-state index is 2.49. The molecule has 180 valence electrons. The third-order valence-corrected chi connectivity index (χ3v) is 6.34. The zero-order valence-electron chi connectivity index (χ0n) is 22.7. The van der Waals surface area contributed by atoms with Crippen LogP contribution in [0.1, 0.15) is 96.0 Å². The van der Waals surface area contributed by atoms with Gasteiger partial charge in [-0.1, -0.05) is 135 Å². The Bertz CT molecular complexity index is 1120. The standard InChI is InChI=1S/C25H19N.4C2H6/c1-17-18-9-2-5-12-21(18)25(22-13-6-3-10-19(17)22)23-14-7-4-11-20(23)24-15-8-16-26(24)25;4*1-2/h2-17H,1H3;4*1-2H3. The van der Waals surface area contributed by atoms with Crippen molar-refractivity contribution < 1.29 is 0 Å². The number of hydrogen-bond donors (Lipinski definition) is 0. The summed E-state index contributed by atoms with van der Waals surface area (Å²) in [6, 6.07) is 31.3. The summed E-state index contributed by atoms with van der Waals surface area (Å²) >= 11 is 0. The molecule has 1 nitrogen and oxygen atoms in total. The molecule has 0 atom stereocenters. The number of nitrogens with zero attached hydrogens (tertiary/aromatic N) is 1. The smallest absolute Gasteiger partial charge is 0.121 e. The maximum Gasteiger partial charge on any atom is 0.121 e. The van der Waals surface area contributed by atoms with E-state index < -0.39 is 0 Å². The summed E-state index contributed by atoms with van der Waals surface area (Å²) in [6.07, 6.45) is 2.25. The topological polar surface area (TPSA) is 4.93 Å². The summed E-state index contributed by atoms with van der Waals surface area (Å²) in [7, 11) is 0. The first kappa shape index (κ1) is 27.2. The molecule has 1 spiro atoms. The largest absolute Gasteiger partial charge is 0.329 e. The minimum atomic E-state index is -0.269. The molecule has 1 aliphatic carbocycles. The highest BCUT2D eigenvalue weighted by Crippen LogP contribution is 2.57. The lowest BCUT2D eigenvalue weighted by Gasteiger charge is -2.43. The molecule has 1 aromatic heterocycles. The van der Waals surface area contributed by atoms with E-state index in [0.29, 0.717) is 5.92 Å². The van der Waals surface area contributed by atoms with E-state index in [2.05, 4.69) is 103 Å². The van der Waals surface area contributed by atoms with Crippen molar-refractivity contribution in [2.75, 3.05) is 0 Å². The van der Waals surface area contributed by atoms with Crippen molar-refractivity contribution in [2.24, 2.45) is 0 Å². The fourth-order valence-electron chi connectivity index (χ4n) is 5.32. The second kappa shape index (κ2) is 12.4. The lowest BCUT2D eigenvalue weighted by Crippen LogP contribution is -2.39. The Morgan fingerprint density at radius 3 is 1.50 bits per heavy atom.